The van der Waals surface area contributed by atoms with Crippen LogP contribution in [0.25, 0.3) is 0 Å². The standard InChI is InChI=1S/C19H20N2O4/c1-24-19(23)15-7-8-17(21-9-11-25-12-10-21)16(13-15)20-18(22)14-5-3-2-4-6-14/h2-8,13H,9-12H2,1H3,(H,20,22). The Hall–Kier alpha value is -2.86. The molecule has 1 aliphatic heterocycles. The van der Waals surface area contributed by atoms with Crippen LogP contribution >= 0.6 is 0 Å². The number of hydrogen-bond acceptors (Lipinski definition) is 5. The van der Waals surface area contributed by atoms with Crippen molar-refractivity contribution in [1.29, 1.82) is 0 Å². The molecule has 2 aromatic rings. The van der Waals surface area contributed by atoms with Crippen molar-refractivity contribution in [3.05, 3.63) is 59.7 Å². The van der Waals surface area contributed by atoms with Crippen molar-refractivity contribution in [2.75, 3.05) is 43.6 Å². The number of benzene rings is 2. The molecule has 6 nitrogen and oxygen atoms in total. The molecule has 3 rings (SSSR count). The molecular formula is C19H20N2O4. The van der Waals surface area contributed by atoms with E-state index in [-0.39, 0.29) is 5.91 Å². The Morgan fingerprint density at radius 3 is 2.44 bits per heavy atom. The summed E-state index contributed by atoms with van der Waals surface area (Å²) in [6.07, 6.45) is 0. The SMILES string of the molecule is COC(=O)c1ccc(N2CCOCC2)c(NC(=O)c2ccccc2)c1. The Balaban J connectivity index is 1.92. The number of anilines is 2. The Morgan fingerprint density at radius 1 is 1.04 bits per heavy atom. The molecule has 1 fully saturated rings. The normalized spacial score (nSPS) is 14.0. The topological polar surface area (TPSA) is 67.9 Å². The van der Waals surface area contributed by atoms with Gasteiger partial charge >= 0.3 is 5.97 Å². The Kier molecular flexibility index (Phi) is 5.30. The summed E-state index contributed by atoms with van der Waals surface area (Å²) in [7, 11) is 1.33. The van der Waals surface area contributed by atoms with Crippen LogP contribution in [0, 0.1) is 0 Å². The largest absolute Gasteiger partial charge is 0.465 e. The fourth-order valence-electron chi connectivity index (χ4n) is 2.75. The van der Waals surface area contributed by atoms with Crippen molar-refractivity contribution in [2.45, 2.75) is 0 Å². The van der Waals surface area contributed by atoms with Gasteiger partial charge in [-0.25, -0.2) is 4.79 Å². The first-order valence-corrected chi connectivity index (χ1v) is 8.10. The van der Waals surface area contributed by atoms with Crippen LogP contribution in [0.3, 0.4) is 0 Å². The summed E-state index contributed by atoms with van der Waals surface area (Å²) in [5.74, 6) is -0.666. The lowest BCUT2D eigenvalue weighted by molar-refractivity contribution is 0.0600. The number of hydrogen-bond donors (Lipinski definition) is 1. The number of carbonyl (C=O) groups is 2. The molecule has 0 atom stereocenters. The maximum Gasteiger partial charge on any atom is 0.337 e. The van der Waals surface area contributed by atoms with Crippen LogP contribution < -0.4 is 10.2 Å². The molecule has 1 amide bonds. The van der Waals surface area contributed by atoms with E-state index < -0.39 is 5.97 Å². The molecule has 0 saturated carbocycles. The summed E-state index contributed by atoms with van der Waals surface area (Å²) in [5, 5.41) is 2.91. The molecule has 0 aromatic heterocycles. The third-order valence-corrected chi connectivity index (χ3v) is 4.05. The van der Waals surface area contributed by atoms with E-state index in [9.17, 15) is 9.59 Å². The summed E-state index contributed by atoms with van der Waals surface area (Å²) >= 11 is 0. The second-order valence-electron chi connectivity index (χ2n) is 5.64. The number of methoxy groups -OCH3 is 1. The molecule has 25 heavy (non-hydrogen) atoms. The molecule has 1 saturated heterocycles. The van der Waals surface area contributed by atoms with Crippen molar-refractivity contribution < 1.29 is 19.1 Å². The predicted octanol–water partition coefficient (Wildman–Crippen LogP) is 2.56. The maximum atomic E-state index is 12.5. The smallest absolute Gasteiger partial charge is 0.337 e. The number of rotatable bonds is 4. The van der Waals surface area contributed by atoms with Gasteiger partial charge in [-0.05, 0) is 30.3 Å². The van der Waals surface area contributed by atoms with Gasteiger partial charge in [-0.15, -0.1) is 0 Å². The number of amides is 1. The van der Waals surface area contributed by atoms with E-state index in [1.54, 1.807) is 24.3 Å². The van der Waals surface area contributed by atoms with Gasteiger partial charge in [-0.2, -0.15) is 0 Å². The number of nitrogens with one attached hydrogen (secondary N) is 1. The van der Waals surface area contributed by atoms with Gasteiger partial charge in [0.05, 0.1) is 37.3 Å². The lowest BCUT2D eigenvalue weighted by Crippen LogP contribution is -2.36. The molecule has 6 heteroatoms. The summed E-state index contributed by atoms with van der Waals surface area (Å²) in [5.41, 5.74) is 2.39. The van der Waals surface area contributed by atoms with E-state index in [1.165, 1.54) is 7.11 Å². The van der Waals surface area contributed by atoms with Gasteiger partial charge in [-0.1, -0.05) is 18.2 Å². The third-order valence-electron chi connectivity index (χ3n) is 4.05. The van der Waals surface area contributed by atoms with Crippen molar-refractivity contribution in [1.82, 2.24) is 0 Å². The van der Waals surface area contributed by atoms with Crippen LogP contribution in [0.2, 0.25) is 0 Å². The van der Waals surface area contributed by atoms with E-state index in [1.807, 2.05) is 24.3 Å². The molecule has 0 aliphatic carbocycles. The molecule has 0 unspecified atom stereocenters. The van der Waals surface area contributed by atoms with Gasteiger partial charge in [0.2, 0.25) is 0 Å². The van der Waals surface area contributed by atoms with Gasteiger partial charge in [0.15, 0.2) is 0 Å². The van der Waals surface area contributed by atoms with Gasteiger partial charge in [0.1, 0.15) is 0 Å². The quantitative estimate of drug-likeness (QED) is 0.867. The fraction of sp³-hybridized carbons (Fsp3) is 0.263. The lowest BCUT2D eigenvalue weighted by Gasteiger charge is -2.30. The number of morpholine rings is 1. The van der Waals surface area contributed by atoms with Crippen LogP contribution in [0.1, 0.15) is 20.7 Å². The molecule has 1 N–H and O–H groups in total. The zero-order chi connectivity index (χ0) is 17.6. The minimum atomic E-state index is -0.441. The Labute approximate surface area is 146 Å². The van der Waals surface area contributed by atoms with E-state index in [2.05, 4.69) is 10.2 Å². The Morgan fingerprint density at radius 2 is 1.76 bits per heavy atom. The first-order valence-electron chi connectivity index (χ1n) is 8.10. The van der Waals surface area contributed by atoms with E-state index >= 15 is 0 Å². The van der Waals surface area contributed by atoms with Crippen LogP contribution in [0.5, 0.6) is 0 Å². The highest BCUT2D eigenvalue weighted by molar-refractivity contribution is 6.06. The zero-order valence-electron chi connectivity index (χ0n) is 14.0. The van der Waals surface area contributed by atoms with Crippen LogP contribution in [-0.4, -0.2) is 45.3 Å². The molecule has 2 aromatic carbocycles. The van der Waals surface area contributed by atoms with Gasteiger partial charge in [0.25, 0.3) is 5.91 Å². The van der Waals surface area contributed by atoms with Crippen LogP contribution in [0.4, 0.5) is 11.4 Å². The Bertz CT molecular complexity index is 755. The average molecular weight is 340 g/mol. The van der Waals surface area contributed by atoms with E-state index in [0.717, 1.165) is 18.8 Å². The van der Waals surface area contributed by atoms with Gasteiger partial charge < -0.3 is 19.7 Å². The van der Waals surface area contributed by atoms with Crippen LogP contribution in [0.15, 0.2) is 48.5 Å². The monoisotopic (exact) mass is 340 g/mol. The van der Waals surface area contributed by atoms with Crippen molar-refractivity contribution >= 4 is 23.3 Å². The average Bonchev–Trinajstić information content (AvgIpc) is 2.68. The lowest BCUT2D eigenvalue weighted by atomic mass is 10.1. The number of nitrogens with zero attached hydrogens (tertiary/aromatic N) is 1. The van der Waals surface area contributed by atoms with Crippen molar-refractivity contribution in [3.8, 4) is 0 Å². The number of carbonyl (C=O) groups excluding carboxylic acids is 2. The highest BCUT2D eigenvalue weighted by Gasteiger charge is 2.19. The molecule has 0 spiro atoms. The maximum absolute atomic E-state index is 12.5. The van der Waals surface area contributed by atoms with Crippen LogP contribution in [-0.2, 0) is 9.47 Å². The summed E-state index contributed by atoms with van der Waals surface area (Å²) in [6.45, 7) is 2.72. The summed E-state index contributed by atoms with van der Waals surface area (Å²) in [6, 6.07) is 14.1. The molecule has 1 aliphatic rings. The first-order chi connectivity index (χ1) is 12.2. The third kappa shape index (κ3) is 3.97. The van der Waals surface area contributed by atoms with E-state index in [4.69, 9.17) is 9.47 Å². The van der Waals surface area contributed by atoms with Gasteiger partial charge in [0, 0.05) is 18.7 Å². The molecule has 130 valence electrons. The number of esters is 1. The predicted molar refractivity (Wildman–Crippen MR) is 95.2 cm³/mol. The summed E-state index contributed by atoms with van der Waals surface area (Å²) in [4.78, 5) is 26.5. The highest BCUT2D eigenvalue weighted by Crippen LogP contribution is 2.29. The molecule has 1 heterocycles. The first kappa shape index (κ1) is 17.0. The van der Waals surface area contributed by atoms with Crippen molar-refractivity contribution in [2.24, 2.45) is 0 Å². The second-order valence-corrected chi connectivity index (χ2v) is 5.64. The second kappa shape index (κ2) is 7.81. The minimum absolute atomic E-state index is 0.225. The molecule has 0 bridgehead atoms. The fourth-order valence-corrected chi connectivity index (χ4v) is 2.75. The number of ether oxygens (including phenoxy) is 2. The molecular weight excluding hydrogens is 320 g/mol. The molecule has 0 radical (unpaired) electrons. The minimum Gasteiger partial charge on any atom is -0.465 e. The highest BCUT2D eigenvalue weighted by atomic mass is 16.5. The van der Waals surface area contributed by atoms with Crippen molar-refractivity contribution in [3.63, 3.8) is 0 Å². The van der Waals surface area contributed by atoms with Gasteiger partial charge in [-0.3, -0.25) is 4.79 Å². The summed E-state index contributed by atoms with van der Waals surface area (Å²) < 4.78 is 10.2. The zero-order valence-corrected chi connectivity index (χ0v) is 14.0. The van der Waals surface area contributed by atoms with E-state index in [0.29, 0.717) is 30.0 Å².